The zero-order valence-corrected chi connectivity index (χ0v) is 15.5. The maximum absolute atomic E-state index is 10.9. The first-order chi connectivity index (χ1) is 11.4. The Kier molecular flexibility index (Phi) is 5.10. The summed E-state index contributed by atoms with van der Waals surface area (Å²) in [5.41, 5.74) is 4.04. The van der Waals surface area contributed by atoms with E-state index in [-0.39, 0.29) is 0 Å². The van der Waals surface area contributed by atoms with Crippen molar-refractivity contribution in [1.82, 2.24) is 0 Å². The van der Waals surface area contributed by atoms with Gasteiger partial charge in [0.15, 0.2) is 0 Å². The molecule has 0 radical (unpaired) electrons. The third-order valence-corrected chi connectivity index (χ3v) is 6.67. The minimum absolute atomic E-state index is 0.348. The summed E-state index contributed by atoms with van der Waals surface area (Å²) in [6, 6.07) is 4.35. The Balaban J connectivity index is 1.62. The first kappa shape index (κ1) is 17.6. The van der Waals surface area contributed by atoms with Gasteiger partial charge in [-0.3, -0.25) is 4.79 Å². The predicted molar refractivity (Wildman–Crippen MR) is 99.0 cm³/mol. The molecule has 3 nitrogen and oxygen atoms in total. The molecular weight excluding hydrogens is 322 g/mol. The number of carboxylic acid groups (broad SMARTS) is 1. The van der Waals surface area contributed by atoms with Crippen LogP contribution in [0.15, 0.2) is 12.1 Å². The van der Waals surface area contributed by atoms with Gasteiger partial charge in [0.2, 0.25) is 0 Å². The molecule has 1 spiro atoms. The Bertz CT molecular complexity index is 610. The van der Waals surface area contributed by atoms with Crippen molar-refractivity contribution < 1.29 is 9.90 Å². The maximum atomic E-state index is 10.9. The van der Waals surface area contributed by atoms with Crippen molar-refractivity contribution in [3.8, 4) is 0 Å². The Morgan fingerprint density at radius 2 is 1.83 bits per heavy atom. The van der Waals surface area contributed by atoms with E-state index in [4.69, 9.17) is 16.7 Å². The van der Waals surface area contributed by atoms with Crippen LogP contribution in [0.5, 0.6) is 0 Å². The number of piperidine rings is 1. The van der Waals surface area contributed by atoms with Crippen molar-refractivity contribution in [1.29, 1.82) is 0 Å². The molecule has 0 bridgehead atoms. The standard InChI is InChI=1S/C20H28ClNO2/c1-14-11-15(2)19(21)17(12-14)22-9-7-20(8-10-22)5-3-16(4-6-20)13-18(23)24/h11-12,16H,3-10,13H2,1-2H3,(H,23,24). The van der Waals surface area contributed by atoms with Crippen molar-refractivity contribution in [3.63, 3.8) is 0 Å². The van der Waals surface area contributed by atoms with Gasteiger partial charge in [-0.1, -0.05) is 17.7 Å². The molecule has 0 unspecified atom stereocenters. The molecule has 1 aromatic carbocycles. The summed E-state index contributed by atoms with van der Waals surface area (Å²) in [7, 11) is 0. The molecule has 1 heterocycles. The molecular formula is C20H28ClNO2. The first-order valence-corrected chi connectivity index (χ1v) is 9.50. The van der Waals surface area contributed by atoms with Gasteiger partial charge in [0, 0.05) is 19.5 Å². The summed E-state index contributed by atoms with van der Waals surface area (Å²) < 4.78 is 0. The van der Waals surface area contributed by atoms with E-state index in [2.05, 4.69) is 30.9 Å². The Hall–Kier alpha value is -1.22. The SMILES string of the molecule is Cc1cc(C)c(Cl)c(N2CCC3(CCC(CC(=O)O)CC3)CC2)c1. The number of benzene rings is 1. The number of carboxylic acids is 1. The van der Waals surface area contributed by atoms with Crippen LogP contribution in [-0.4, -0.2) is 24.2 Å². The molecule has 0 amide bonds. The van der Waals surface area contributed by atoms with Crippen LogP contribution in [0.4, 0.5) is 5.69 Å². The lowest BCUT2D eigenvalue weighted by molar-refractivity contribution is -0.138. The Labute approximate surface area is 150 Å². The van der Waals surface area contributed by atoms with Gasteiger partial charge in [0.25, 0.3) is 0 Å². The minimum Gasteiger partial charge on any atom is -0.481 e. The second-order valence-electron chi connectivity index (χ2n) is 7.94. The summed E-state index contributed by atoms with van der Waals surface area (Å²) in [6.07, 6.45) is 7.30. The molecule has 1 saturated carbocycles. The average Bonchev–Trinajstić information content (AvgIpc) is 2.54. The molecule has 24 heavy (non-hydrogen) atoms. The highest BCUT2D eigenvalue weighted by molar-refractivity contribution is 6.34. The summed E-state index contributed by atoms with van der Waals surface area (Å²) in [4.78, 5) is 13.3. The summed E-state index contributed by atoms with van der Waals surface area (Å²) in [5, 5.41) is 9.87. The average molecular weight is 350 g/mol. The number of aliphatic carboxylic acids is 1. The molecule has 1 saturated heterocycles. The second-order valence-corrected chi connectivity index (χ2v) is 8.32. The van der Waals surface area contributed by atoms with Crippen molar-refractivity contribution in [2.75, 3.05) is 18.0 Å². The van der Waals surface area contributed by atoms with Crippen molar-refractivity contribution in [3.05, 3.63) is 28.3 Å². The highest BCUT2D eigenvalue weighted by Crippen LogP contribution is 2.48. The minimum atomic E-state index is -0.643. The highest BCUT2D eigenvalue weighted by Gasteiger charge is 2.38. The van der Waals surface area contributed by atoms with E-state index in [1.165, 1.54) is 36.9 Å². The van der Waals surface area contributed by atoms with Crippen molar-refractivity contribution in [2.24, 2.45) is 11.3 Å². The van der Waals surface area contributed by atoms with E-state index >= 15 is 0 Å². The van der Waals surface area contributed by atoms with Crippen LogP contribution in [-0.2, 0) is 4.79 Å². The molecule has 3 rings (SSSR count). The van der Waals surface area contributed by atoms with E-state index in [0.29, 0.717) is 17.8 Å². The van der Waals surface area contributed by atoms with Gasteiger partial charge < -0.3 is 10.0 Å². The number of hydrogen-bond acceptors (Lipinski definition) is 2. The quantitative estimate of drug-likeness (QED) is 0.814. The molecule has 1 N–H and O–H groups in total. The molecule has 2 fully saturated rings. The number of rotatable bonds is 3. The third-order valence-electron chi connectivity index (χ3n) is 6.17. The smallest absolute Gasteiger partial charge is 0.303 e. The Morgan fingerprint density at radius 3 is 2.42 bits per heavy atom. The van der Waals surface area contributed by atoms with Crippen LogP contribution in [0.25, 0.3) is 0 Å². The van der Waals surface area contributed by atoms with Gasteiger partial charge in [-0.05, 0) is 80.9 Å². The molecule has 0 atom stereocenters. The zero-order chi connectivity index (χ0) is 17.3. The predicted octanol–water partition coefficient (Wildman–Crippen LogP) is 5.21. The molecule has 132 valence electrons. The van der Waals surface area contributed by atoms with E-state index in [1.807, 2.05) is 0 Å². The lowest BCUT2D eigenvalue weighted by Gasteiger charge is -2.46. The van der Waals surface area contributed by atoms with Gasteiger partial charge >= 0.3 is 5.97 Å². The van der Waals surface area contributed by atoms with Gasteiger partial charge in [0.05, 0.1) is 10.7 Å². The number of hydrogen-bond donors (Lipinski definition) is 1. The van der Waals surface area contributed by atoms with Crippen molar-refractivity contribution in [2.45, 2.75) is 58.8 Å². The Morgan fingerprint density at radius 1 is 1.21 bits per heavy atom. The van der Waals surface area contributed by atoms with Crippen LogP contribution in [0.2, 0.25) is 5.02 Å². The highest BCUT2D eigenvalue weighted by atomic mass is 35.5. The van der Waals surface area contributed by atoms with Crippen molar-refractivity contribution >= 4 is 23.3 Å². The van der Waals surface area contributed by atoms with Gasteiger partial charge in [-0.25, -0.2) is 0 Å². The summed E-state index contributed by atoms with van der Waals surface area (Å²) in [6.45, 7) is 6.33. The lowest BCUT2D eigenvalue weighted by atomic mass is 9.65. The van der Waals surface area contributed by atoms with Crippen LogP contribution >= 0.6 is 11.6 Å². The monoisotopic (exact) mass is 349 g/mol. The van der Waals surface area contributed by atoms with E-state index in [0.717, 1.165) is 36.5 Å². The van der Waals surface area contributed by atoms with Crippen LogP contribution in [0, 0.1) is 25.2 Å². The fourth-order valence-electron chi connectivity index (χ4n) is 4.62. The normalized spacial score (nSPS) is 21.2. The molecule has 1 aliphatic carbocycles. The molecule has 2 aliphatic rings. The molecule has 1 aliphatic heterocycles. The number of aryl methyl sites for hydroxylation is 2. The number of halogens is 1. The van der Waals surface area contributed by atoms with Gasteiger partial charge in [-0.15, -0.1) is 0 Å². The molecule has 0 aromatic heterocycles. The third kappa shape index (κ3) is 3.72. The molecule has 4 heteroatoms. The fourth-order valence-corrected chi connectivity index (χ4v) is 4.85. The van der Waals surface area contributed by atoms with Crippen LogP contribution < -0.4 is 4.90 Å². The topological polar surface area (TPSA) is 40.5 Å². The molecule has 1 aromatic rings. The summed E-state index contributed by atoms with van der Waals surface area (Å²) >= 11 is 6.55. The maximum Gasteiger partial charge on any atom is 0.303 e. The van der Waals surface area contributed by atoms with Gasteiger partial charge in [-0.2, -0.15) is 0 Å². The van der Waals surface area contributed by atoms with E-state index < -0.39 is 5.97 Å². The lowest BCUT2D eigenvalue weighted by Crippen LogP contribution is -2.42. The van der Waals surface area contributed by atoms with Gasteiger partial charge in [0.1, 0.15) is 0 Å². The number of nitrogens with zero attached hydrogens (tertiary/aromatic N) is 1. The second kappa shape index (κ2) is 6.95. The zero-order valence-electron chi connectivity index (χ0n) is 14.8. The van der Waals surface area contributed by atoms with E-state index in [1.54, 1.807) is 0 Å². The van der Waals surface area contributed by atoms with E-state index in [9.17, 15) is 4.79 Å². The van der Waals surface area contributed by atoms with Crippen LogP contribution in [0.3, 0.4) is 0 Å². The first-order valence-electron chi connectivity index (χ1n) is 9.12. The summed E-state index contributed by atoms with van der Waals surface area (Å²) in [5.74, 6) is -0.254. The fraction of sp³-hybridized carbons (Fsp3) is 0.650. The number of anilines is 1. The van der Waals surface area contributed by atoms with Crippen LogP contribution in [0.1, 0.15) is 56.1 Å². The largest absolute Gasteiger partial charge is 0.481 e. The number of carbonyl (C=O) groups is 1.